The van der Waals surface area contributed by atoms with Gasteiger partial charge < -0.3 is 5.11 Å². The van der Waals surface area contributed by atoms with Crippen molar-refractivity contribution in [3.63, 3.8) is 0 Å². The fourth-order valence-electron chi connectivity index (χ4n) is 1.14. The van der Waals surface area contributed by atoms with Crippen LogP contribution in [-0.2, 0) is 11.2 Å². The normalized spacial score (nSPS) is 9.00. The summed E-state index contributed by atoms with van der Waals surface area (Å²) in [5.74, 6) is -0.833. The number of rotatable bonds is 3. The molecule has 0 aromatic heterocycles. The molecule has 84 valence electrons. The van der Waals surface area contributed by atoms with Crippen LogP contribution in [0.3, 0.4) is 0 Å². The number of carbonyl (C=O) groups is 1. The minimum Gasteiger partial charge on any atom is -0.481 e. The molecule has 0 amide bonds. The van der Waals surface area contributed by atoms with E-state index in [0.717, 1.165) is 6.92 Å². The number of benzene rings is 1. The molecule has 0 heterocycles. The molecule has 0 aliphatic rings. The van der Waals surface area contributed by atoms with Crippen LogP contribution in [0.5, 0.6) is 0 Å². The van der Waals surface area contributed by atoms with Crippen LogP contribution in [-0.4, -0.2) is 11.1 Å². The molecule has 15 heavy (non-hydrogen) atoms. The topological polar surface area (TPSA) is 37.3 Å². The number of carboxylic acids is 1. The summed E-state index contributed by atoms with van der Waals surface area (Å²) in [5.41, 5.74) is 2.82. The second kappa shape index (κ2) is 8.04. The molecule has 0 fully saturated rings. The number of aliphatic carboxylic acids is 1. The van der Waals surface area contributed by atoms with Gasteiger partial charge in [-0.3, -0.25) is 4.79 Å². The van der Waals surface area contributed by atoms with Crippen molar-refractivity contribution in [1.29, 1.82) is 0 Å². The minimum atomic E-state index is -0.833. The van der Waals surface area contributed by atoms with Gasteiger partial charge in [0.1, 0.15) is 0 Å². The molecule has 0 unspecified atom stereocenters. The third-order valence-electron chi connectivity index (χ3n) is 1.94. The Kier molecular flexibility index (Phi) is 7.33. The zero-order chi connectivity index (χ0) is 11.7. The number of carboxylic acid groups (broad SMARTS) is 1. The molecule has 0 aliphatic heterocycles. The molecule has 1 N–H and O–H groups in total. The van der Waals surface area contributed by atoms with Crippen molar-refractivity contribution < 1.29 is 9.90 Å². The average Bonchev–Trinajstić information content (AvgIpc) is 2.16. The average molecular weight is 208 g/mol. The van der Waals surface area contributed by atoms with E-state index in [9.17, 15) is 0 Å². The highest BCUT2D eigenvalue weighted by atomic mass is 16.4. The van der Waals surface area contributed by atoms with Gasteiger partial charge >= 0.3 is 0 Å². The third kappa shape index (κ3) is 9.01. The molecule has 1 rings (SSSR count). The van der Waals surface area contributed by atoms with E-state index >= 15 is 0 Å². The van der Waals surface area contributed by atoms with E-state index in [1.165, 1.54) is 30.4 Å². The van der Waals surface area contributed by atoms with Gasteiger partial charge in [0.25, 0.3) is 5.97 Å². The predicted molar refractivity (Wildman–Crippen MR) is 63.1 cm³/mol. The molecule has 2 heteroatoms. The lowest BCUT2D eigenvalue weighted by Gasteiger charge is -1.99. The molecule has 0 saturated heterocycles. The van der Waals surface area contributed by atoms with Crippen LogP contribution in [0.4, 0.5) is 0 Å². The Morgan fingerprint density at radius 2 is 1.73 bits per heavy atom. The molecule has 0 aliphatic carbocycles. The van der Waals surface area contributed by atoms with Crippen molar-refractivity contribution in [2.24, 2.45) is 0 Å². The van der Waals surface area contributed by atoms with Gasteiger partial charge in [0.15, 0.2) is 0 Å². The fraction of sp³-hybridized carbons (Fsp3) is 0.462. The van der Waals surface area contributed by atoms with Gasteiger partial charge in [0, 0.05) is 6.92 Å². The number of aryl methyl sites for hydroxylation is 2. The summed E-state index contributed by atoms with van der Waals surface area (Å²) in [6.45, 7) is 5.44. The Balaban J connectivity index is 0.000000423. The Morgan fingerprint density at radius 3 is 2.13 bits per heavy atom. The summed E-state index contributed by atoms with van der Waals surface area (Å²) in [6, 6.07) is 8.83. The summed E-state index contributed by atoms with van der Waals surface area (Å²) in [7, 11) is 0. The number of hydrogen-bond acceptors (Lipinski definition) is 1. The minimum absolute atomic E-state index is 0.833. The van der Waals surface area contributed by atoms with Crippen LogP contribution in [0, 0.1) is 6.92 Å². The second-order valence-electron chi connectivity index (χ2n) is 3.61. The van der Waals surface area contributed by atoms with Gasteiger partial charge in [-0.2, -0.15) is 0 Å². The van der Waals surface area contributed by atoms with Gasteiger partial charge in [-0.25, -0.2) is 0 Å². The summed E-state index contributed by atoms with van der Waals surface area (Å²) in [5, 5.41) is 7.42. The molecule has 2 nitrogen and oxygen atoms in total. The molecule has 0 saturated carbocycles. The van der Waals surface area contributed by atoms with Crippen molar-refractivity contribution in [2.75, 3.05) is 0 Å². The van der Waals surface area contributed by atoms with E-state index < -0.39 is 5.97 Å². The SMILES string of the molecule is CC(=O)O.CCCCc1ccc(C)cc1. The highest BCUT2D eigenvalue weighted by molar-refractivity contribution is 5.62. The molecule has 0 radical (unpaired) electrons. The Morgan fingerprint density at radius 1 is 1.27 bits per heavy atom. The molecular formula is C13H20O2. The smallest absolute Gasteiger partial charge is 0.300 e. The van der Waals surface area contributed by atoms with Crippen molar-refractivity contribution in [3.05, 3.63) is 35.4 Å². The molecule has 1 aromatic rings. The monoisotopic (exact) mass is 208 g/mol. The van der Waals surface area contributed by atoms with Gasteiger partial charge in [-0.1, -0.05) is 43.2 Å². The maximum atomic E-state index is 9.00. The van der Waals surface area contributed by atoms with E-state index in [1.54, 1.807) is 0 Å². The summed E-state index contributed by atoms with van der Waals surface area (Å²) in [4.78, 5) is 9.00. The third-order valence-corrected chi connectivity index (χ3v) is 1.94. The summed E-state index contributed by atoms with van der Waals surface area (Å²) >= 11 is 0. The van der Waals surface area contributed by atoms with Gasteiger partial charge in [-0.15, -0.1) is 0 Å². The van der Waals surface area contributed by atoms with Crippen molar-refractivity contribution in [3.8, 4) is 0 Å². The first-order valence-electron chi connectivity index (χ1n) is 5.31. The van der Waals surface area contributed by atoms with Crippen molar-refractivity contribution in [1.82, 2.24) is 0 Å². The van der Waals surface area contributed by atoms with Crippen LogP contribution in [0.2, 0.25) is 0 Å². The summed E-state index contributed by atoms with van der Waals surface area (Å²) < 4.78 is 0. The van der Waals surface area contributed by atoms with Crippen molar-refractivity contribution >= 4 is 5.97 Å². The molecule has 1 aromatic carbocycles. The Labute approximate surface area is 91.9 Å². The Bertz CT molecular complexity index is 271. The molecular weight excluding hydrogens is 188 g/mol. The lowest BCUT2D eigenvalue weighted by atomic mass is 10.1. The highest BCUT2D eigenvalue weighted by Crippen LogP contribution is 2.06. The molecule has 0 atom stereocenters. The predicted octanol–water partition coefficient (Wildman–Crippen LogP) is 3.43. The van der Waals surface area contributed by atoms with E-state index in [0.29, 0.717) is 0 Å². The fourth-order valence-corrected chi connectivity index (χ4v) is 1.14. The zero-order valence-electron chi connectivity index (χ0n) is 9.79. The second-order valence-corrected chi connectivity index (χ2v) is 3.61. The first-order chi connectivity index (χ1) is 7.06. The highest BCUT2D eigenvalue weighted by Gasteiger charge is 1.90. The number of hydrogen-bond donors (Lipinski definition) is 1. The molecule has 0 bridgehead atoms. The first-order valence-corrected chi connectivity index (χ1v) is 5.31. The first kappa shape index (κ1) is 13.7. The van der Waals surface area contributed by atoms with E-state index in [2.05, 4.69) is 38.1 Å². The number of unbranched alkanes of at least 4 members (excludes halogenated alkanes) is 1. The standard InChI is InChI=1S/C11H16.C2H4O2/c1-3-4-5-11-8-6-10(2)7-9-11;1-2(3)4/h6-9H,3-5H2,1-2H3;1H3,(H,3,4). The van der Waals surface area contributed by atoms with E-state index in [1.807, 2.05) is 0 Å². The van der Waals surface area contributed by atoms with Crippen molar-refractivity contribution in [2.45, 2.75) is 40.0 Å². The zero-order valence-corrected chi connectivity index (χ0v) is 9.79. The largest absolute Gasteiger partial charge is 0.481 e. The van der Waals surface area contributed by atoms with Crippen LogP contribution < -0.4 is 0 Å². The Hall–Kier alpha value is -1.31. The van der Waals surface area contributed by atoms with Crippen LogP contribution in [0.15, 0.2) is 24.3 Å². The maximum Gasteiger partial charge on any atom is 0.300 e. The van der Waals surface area contributed by atoms with Crippen LogP contribution >= 0.6 is 0 Å². The van der Waals surface area contributed by atoms with Crippen LogP contribution in [0.25, 0.3) is 0 Å². The van der Waals surface area contributed by atoms with Gasteiger partial charge in [0.05, 0.1) is 0 Å². The van der Waals surface area contributed by atoms with E-state index in [-0.39, 0.29) is 0 Å². The maximum absolute atomic E-state index is 9.00. The lowest BCUT2D eigenvalue weighted by molar-refractivity contribution is -0.134. The summed E-state index contributed by atoms with van der Waals surface area (Å²) in [6.07, 6.45) is 3.83. The quantitative estimate of drug-likeness (QED) is 0.826. The lowest BCUT2D eigenvalue weighted by Crippen LogP contribution is -1.83. The van der Waals surface area contributed by atoms with E-state index in [4.69, 9.17) is 9.90 Å². The van der Waals surface area contributed by atoms with Gasteiger partial charge in [-0.05, 0) is 25.3 Å². The van der Waals surface area contributed by atoms with Gasteiger partial charge in [0.2, 0.25) is 0 Å². The van der Waals surface area contributed by atoms with Crippen LogP contribution in [0.1, 0.15) is 37.8 Å². The molecule has 0 spiro atoms.